The van der Waals surface area contributed by atoms with Crippen molar-refractivity contribution < 1.29 is 4.79 Å². The Morgan fingerprint density at radius 1 is 1.67 bits per heavy atom. The van der Waals surface area contributed by atoms with Crippen LogP contribution in [0, 0.1) is 0 Å². The summed E-state index contributed by atoms with van der Waals surface area (Å²) in [5, 5.41) is -0.233. The van der Waals surface area contributed by atoms with Crippen molar-refractivity contribution in [3.8, 4) is 0 Å². The standard InChI is InChI=1S/C4H7Cl2NOS/c5-3(6)4(8)9-2-1-7/h3H,1-2,7H2. The summed E-state index contributed by atoms with van der Waals surface area (Å²) in [7, 11) is 0. The number of thioether (sulfide) groups is 1. The highest BCUT2D eigenvalue weighted by atomic mass is 35.5. The van der Waals surface area contributed by atoms with E-state index < -0.39 is 4.84 Å². The minimum Gasteiger partial charge on any atom is -0.330 e. The Balaban J connectivity index is 3.28. The number of rotatable bonds is 3. The molecule has 0 radical (unpaired) electrons. The lowest BCUT2D eigenvalue weighted by atomic mass is 10.8. The molecule has 0 heterocycles. The summed E-state index contributed by atoms with van der Waals surface area (Å²) in [6.07, 6.45) is 0. The summed E-state index contributed by atoms with van der Waals surface area (Å²) in [6, 6.07) is 0. The Kier molecular flexibility index (Phi) is 5.69. The topological polar surface area (TPSA) is 43.1 Å². The molecular weight excluding hydrogens is 181 g/mol. The molecule has 0 aliphatic rings. The number of nitrogens with two attached hydrogens (primary N) is 1. The fourth-order valence-corrected chi connectivity index (χ4v) is 1.05. The van der Waals surface area contributed by atoms with Crippen LogP contribution in [0.25, 0.3) is 0 Å². The molecule has 0 saturated heterocycles. The average Bonchev–Trinajstić information content (AvgIpc) is 1.82. The van der Waals surface area contributed by atoms with Gasteiger partial charge in [-0.15, -0.1) is 0 Å². The smallest absolute Gasteiger partial charge is 0.221 e. The average molecular weight is 188 g/mol. The minimum absolute atomic E-state index is 0.233. The van der Waals surface area contributed by atoms with Crippen LogP contribution in [0.5, 0.6) is 0 Å². The lowest BCUT2D eigenvalue weighted by molar-refractivity contribution is -0.109. The van der Waals surface area contributed by atoms with Crippen molar-refractivity contribution in [2.75, 3.05) is 12.3 Å². The maximum atomic E-state index is 10.5. The zero-order chi connectivity index (χ0) is 7.28. The summed E-state index contributed by atoms with van der Waals surface area (Å²) in [4.78, 5) is 9.63. The lowest BCUT2D eigenvalue weighted by Crippen LogP contribution is -2.08. The third-order valence-corrected chi connectivity index (χ3v) is 2.16. The van der Waals surface area contributed by atoms with E-state index in [0.717, 1.165) is 11.8 Å². The molecule has 0 amide bonds. The summed E-state index contributed by atoms with van der Waals surface area (Å²) >= 11 is 11.5. The molecular formula is C4H7Cl2NOS. The van der Waals surface area contributed by atoms with Gasteiger partial charge in [-0.3, -0.25) is 4.79 Å². The zero-order valence-corrected chi connectivity index (χ0v) is 6.97. The fourth-order valence-electron chi connectivity index (χ4n) is 0.223. The highest BCUT2D eigenvalue weighted by Crippen LogP contribution is 2.12. The third kappa shape index (κ3) is 5.03. The fraction of sp³-hybridized carbons (Fsp3) is 0.750. The molecule has 0 aromatic heterocycles. The number of hydrogen-bond donors (Lipinski definition) is 1. The van der Waals surface area contributed by atoms with Gasteiger partial charge in [-0.2, -0.15) is 0 Å². The van der Waals surface area contributed by atoms with Crippen LogP contribution in [0.1, 0.15) is 0 Å². The van der Waals surface area contributed by atoms with Gasteiger partial charge in [0.15, 0.2) is 4.84 Å². The highest BCUT2D eigenvalue weighted by Gasteiger charge is 2.10. The van der Waals surface area contributed by atoms with E-state index in [1.54, 1.807) is 0 Å². The molecule has 5 heteroatoms. The Morgan fingerprint density at radius 2 is 2.22 bits per heavy atom. The first-order valence-electron chi connectivity index (χ1n) is 2.33. The second-order valence-corrected chi connectivity index (χ2v) is 3.45. The highest BCUT2D eigenvalue weighted by molar-refractivity contribution is 8.14. The molecule has 0 aromatic carbocycles. The molecule has 2 nitrogen and oxygen atoms in total. The monoisotopic (exact) mass is 187 g/mol. The van der Waals surface area contributed by atoms with Gasteiger partial charge < -0.3 is 5.73 Å². The van der Waals surface area contributed by atoms with Crippen molar-refractivity contribution >= 4 is 40.1 Å². The second kappa shape index (κ2) is 5.35. The number of halogens is 2. The zero-order valence-electron chi connectivity index (χ0n) is 4.64. The van der Waals surface area contributed by atoms with Crippen molar-refractivity contribution in [2.45, 2.75) is 4.84 Å². The maximum Gasteiger partial charge on any atom is 0.221 e. The van der Waals surface area contributed by atoms with E-state index in [4.69, 9.17) is 28.9 Å². The SMILES string of the molecule is NCCSC(=O)C(Cl)Cl. The first-order chi connectivity index (χ1) is 4.18. The molecule has 0 rings (SSSR count). The summed E-state index contributed by atoms with van der Waals surface area (Å²) in [6.45, 7) is 0.469. The molecule has 0 aromatic rings. The van der Waals surface area contributed by atoms with Crippen LogP contribution < -0.4 is 5.73 Å². The van der Waals surface area contributed by atoms with Gasteiger partial charge in [0.2, 0.25) is 5.12 Å². The van der Waals surface area contributed by atoms with Crippen molar-refractivity contribution in [2.24, 2.45) is 5.73 Å². The Labute approximate surface area is 68.1 Å². The van der Waals surface area contributed by atoms with E-state index in [1.165, 1.54) is 0 Å². The van der Waals surface area contributed by atoms with E-state index in [0.29, 0.717) is 12.3 Å². The van der Waals surface area contributed by atoms with Gasteiger partial charge in [0.05, 0.1) is 0 Å². The Bertz CT molecular complexity index is 98.6. The quantitative estimate of drug-likeness (QED) is 0.672. The van der Waals surface area contributed by atoms with Crippen molar-refractivity contribution in [3.05, 3.63) is 0 Å². The largest absolute Gasteiger partial charge is 0.330 e. The van der Waals surface area contributed by atoms with Gasteiger partial charge in [-0.25, -0.2) is 0 Å². The first kappa shape index (κ1) is 9.56. The van der Waals surface area contributed by atoms with Gasteiger partial charge in [-0.1, -0.05) is 35.0 Å². The van der Waals surface area contributed by atoms with E-state index >= 15 is 0 Å². The summed E-state index contributed by atoms with van der Waals surface area (Å²) in [5.74, 6) is 0.578. The molecule has 0 saturated carbocycles. The number of hydrogen-bond acceptors (Lipinski definition) is 3. The van der Waals surface area contributed by atoms with Crippen LogP contribution in [-0.4, -0.2) is 22.2 Å². The van der Waals surface area contributed by atoms with Gasteiger partial charge in [0.1, 0.15) is 0 Å². The van der Waals surface area contributed by atoms with Gasteiger partial charge in [0.25, 0.3) is 0 Å². The molecule has 0 unspecified atom stereocenters. The van der Waals surface area contributed by atoms with E-state index in [-0.39, 0.29) is 5.12 Å². The normalized spacial score (nSPS) is 10.2. The summed E-state index contributed by atoms with van der Waals surface area (Å²) in [5.41, 5.74) is 5.12. The number of carbonyl (C=O) groups excluding carboxylic acids is 1. The van der Waals surface area contributed by atoms with Gasteiger partial charge in [-0.05, 0) is 0 Å². The first-order valence-corrected chi connectivity index (χ1v) is 4.19. The Morgan fingerprint density at radius 3 is 2.56 bits per heavy atom. The van der Waals surface area contributed by atoms with Crippen LogP contribution in [-0.2, 0) is 4.79 Å². The van der Waals surface area contributed by atoms with Crippen LogP contribution in [0.15, 0.2) is 0 Å². The van der Waals surface area contributed by atoms with Gasteiger partial charge >= 0.3 is 0 Å². The van der Waals surface area contributed by atoms with E-state index in [2.05, 4.69) is 0 Å². The van der Waals surface area contributed by atoms with Crippen LogP contribution in [0.4, 0.5) is 0 Å². The predicted octanol–water partition coefficient (Wildman–Crippen LogP) is 1.01. The molecule has 0 aliphatic carbocycles. The molecule has 0 atom stereocenters. The van der Waals surface area contributed by atoms with Crippen molar-refractivity contribution in [1.82, 2.24) is 0 Å². The van der Waals surface area contributed by atoms with Gasteiger partial charge in [0, 0.05) is 12.3 Å². The molecule has 0 bridgehead atoms. The number of carbonyl (C=O) groups is 1. The van der Waals surface area contributed by atoms with Crippen LogP contribution >= 0.6 is 35.0 Å². The van der Waals surface area contributed by atoms with Crippen LogP contribution in [0.3, 0.4) is 0 Å². The van der Waals surface area contributed by atoms with E-state index in [9.17, 15) is 4.79 Å². The second-order valence-electron chi connectivity index (χ2n) is 1.26. The molecule has 0 fully saturated rings. The molecule has 0 spiro atoms. The molecule has 54 valence electrons. The molecule has 9 heavy (non-hydrogen) atoms. The molecule has 0 aliphatic heterocycles. The number of alkyl halides is 2. The maximum absolute atomic E-state index is 10.5. The molecule has 2 N–H and O–H groups in total. The minimum atomic E-state index is -0.915. The van der Waals surface area contributed by atoms with Crippen LogP contribution in [0.2, 0.25) is 0 Å². The summed E-state index contributed by atoms with van der Waals surface area (Å²) < 4.78 is 0. The van der Waals surface area contributed by atoms with E-state index in [1.807, 2.05) is 0 Å². The van der Waals surface area contributed by atoms with Crippen molar-refractivity contribution in [1.29, 1.82) is 0 Å². The lowest BCUT2D eigenvalue weighted by Gasteiger charge is -1.96. The van der Waals surface area contributed by atoms with Crippen molar-refractivity contribution in [3.63, 3.8) is 0 Å². The Hall–Kier alpha value is 0.560. The third-order valence-electron chi connectivity index (χ3n) is 0.540. The predicted molar refractivity (Wildman–Crippen MR) is 42.0 cm³/mol.